The molecule has 1 fully saturated rings. The molecule has 0 aliphatic carbocycles. The molecule has 0 saturated carbocycles. The molecule has 1 aromatic rings. The van der Waals surface area contributed by atoms with Gasteiger partial charge in [-0.05, 0) is 46.1 Å². The average molecular weight is 386 g/mol. The Morgan fingerprint density at radius 3 is 2.65 bits per heavy atom. The van der Waals surface area contributed by atoms with Gasteiger partial charge < -0.3 is 9.64 Å². The molecule has 0 radical (unpaired) electrons. The molecule has 1 aliphatic heterocycles. The lowest BCUT2D eigenvalue weighted by molar-refractivity contribution is 0.0105. The number of carbonyl (C=O) groups is 1. The average Bonchev–Trinajstić information content (AvgIpc) is 2.54. The summed E-state index contributed by atoms with van der Waals surface area (Å²) in [7, 11) is -3.71. The third-order valence-electron chi connectivity index (χ3n) is 4.10. The molecule has 2 rings (SSSR count). The summed E-state index contributed by atoms with van der Waals surface area (Å²) in [6.45, 7) is 6.01. The van der Waals surface area contributed by atoms with Crippen molar-refractivity contribution in [2.24, 2.45) is 0 Å². The van der Waals surface area contributed by atoms with Gasteiger partial charge in [0.15, 0.2) is 0 Å². The summed E-state index contributed by atoms with van der Waals surface area (Å²) in [5, 5.41) is 0. The molecule has 1 aliphatic rings. The lowest BCUT2D eigenvalue weighted by Gasteiger charge is -2.36. The van der Waals surface area contributed by atoms with Gasteiger partial charge in [0, 0.05) is 24.7 Å². The highest BCUT2D eigenvalue weighted by atomic mass is 32.2. The van der Waals surface area contributed by atoms with Crippen LogP contribution in [0.5, 0.6) is 0 Å². The van der Waals surface area contributed by atoms with Crippen LogP contribution in [0.1, 0.15) is 45.6 Å². The highest BCUT2D eigenvalue weighted by molar-refractivity contribution is 7.88. The quantitative estimate of drug-likeness (QED) is 0.844. The number of nitrogens with one attached hydrogen (secondary N) is 1. The molecule has 0 bridgehead atoms. The minimum Gasteiger partial charge on any atom is -0.444 e. The summed E-state index contributed by atoms with van der Waals surface area (Å²) < 4.78 is 46.2. The van der Waals surface area contributed by atoms with E-state index in [-0.39, 0.29) is 18.2 Å². The van der Waals surface area contributed by atoms with Gasteiger partial charge in [0.2, 0.25) is 10.0 Å². The molecular formula is C18H27FN2O4S. The Bertz CT molecular complexity index is 731. The van der Waals surface area contributed by atoms with Crippen LogP contribution >= 0.6 is 0 Å². The molecule has 1 atom stereocenters. The lowest BCUT2D eigenvalue weighted by Crippen LogP contribution is -2.50. The minimum absolute atomic E-state index is 0.0933. The molecule has 0 aromatic heterocycles. The second-order valence-electron chi connectivity index (χ2n) is 7.52. The summed E-state index contributed by atoms with van der Waals surface area (Å²) in [6.07, 6.45) is 2.04. The maximum absolute atomic E-state index is 13.7. The molecule has 1 saturated heterocycles. The summed E-state index contributed by atoms with van der Waals surface area (Å²) in [5.41, 5.74) is -0.490. The van der Waals surface area contributed by atoms with Crippen LogP contribution in [0.25, 0.3) is 0 Å². The number of nitrogens with zero attached hydrogens (tertiary/aromatic N) is 1. The molecule has 146 valence electrons. The van der Waals surface area contributed by atoms with E-state index in [9.17, 15) is 17.6 Å². The second kappa shape index (κ2) is 8.35. The molecule has 1 aromatic carbocycles. The maximum atomic E-state index is 13.7. The van der Waals surface area contributed by atoms with Crippen molar-refractivity contribution in [3.8, 4) is 0 Å². The number of carbonyl (C=O) groups excluding carboxylic acids is 1. The van der Waals surface area contributed by atoms with E-state index >= 15 is 0 Å². The van der Waals surface area contributed by atoms with Crippen molar-refractivity contribution in [1.29, 1.82) is 0 Å². The number of halogens is 1. The number of hydrogen-bond donors (Lipinski definition) is 1. The highest BCUT2D eigenvalue weighted by Crippen LogP contribution is 2.20. The van der Waals surface area contributed by atoms with Crippen LogP contribution in [-0.4, -0.2) is 44.1 Å². The standard InChI is InChI=1S/C18H27FN2O4S/c1-18(2,3)25-17(22)21-11-7-6-9-15(21)12-20-26(23,24)13-14-8-4-5-10-16(14)19/h4-5,8,10,15,20H,6-7,9,11-13H2,1-3H3/t15-/m0/s1. The first kappa shape index (κ1) is 20.6. The van der Waals surface area contributed by atoms with E-state index in [1.54, 1.807) is 31.7 Å². The van der Waals surface area contributed by atoms with Crippen molar-refractivity contribution in [3.63, 3.8) is 0 Å². The number of hydrogen-bond acceptors (Lipinski definition) is 4. The normalized spacial score (nSPS) is 18.6. The number of rotatable bonds is 5. The van der Waals surface area contributed by atoms with E-state index in [1.807, 2.05) is 0 Å². The van der Waals surface area contributed by atoms with Gasteiger partial charge in [-0.2, -0.15) is 0 Å². The zero-order chi connectivity index (χ0) is 19.4. The molecule has 1 amide bonds. The summed E-state index contributed by atoms with van der Waals surface area (Å²) in [5.74, 6) is -0.982. The smallest absolute Gasteiger partial charge is 0.410 e. The SMILES string of the molecule is CC(C)(C)OC(=O)N1CCCC[C@H]1CNS(=O)(=O)Cc1ccccc1F. The molecule has 26 heavy (non-hydrogen) atoms. The predicted octanol–water partition coefficient (Wildman–Crippen LogP) is 3.03. The molecular weight excluding hydrogens is 359 g/mol. The Morgan fingerprint density at radius 1 is 1.31 bits per heavy atom. The van der Waals surface area contributed by atoms with Crippen molar-refractivity contribution in [2.75, 3.05) is 13.1 Å². The van der Waals surface area contributed by atoms with Gasteiger partial charge in [0.25, 0.3) is 0 Å². The van der Waals surface area contributed by atoms with E-state index in [0.717, 1.165) is 12.8 Å². The van der Waals surface area contributed by atoms with Gasteiger partial charge in [0.1, 0.15) is 11.4 Å². The van der Waals surface area contributed by atoms with Gasteiger partial charge in [0.05, 0.1) is 5.75 Å². The summed E-state index contributed by atoms with van der Waals surface area (Å²) in [4.78, 5) is 13.9. The summed E-state index contributed by atoms with van der Waals surface area (Å²) in [6, 6.07) is 5.52. The molecule has 0 unspecified atom stereocenters. The molecule has 1 N–H and O–H groups in total. The number of sulfonamides is 1. The van der Waals surface area contributed by atoms with Crippen molar-refractivity contribution in [3.05, 3.63) is 35.6 Å². The Labute approximate surface area is 154 Å². The fourth-order valence-electron chi connectivity index (χ4n) is 2.87. The largest absolute Gasteiger partial charge is 0.444 e. The highest BCUT2D eigenvalue weighted by Gasteiger charge is 2.31. The van der Waals surface area contributed by atoms with Crippen molar-refractivity contribution >= 4 is 16.1 Å². The second-order valence-corrected chi connectivity index (χ2v) is 9.33. The van der Waals surface area contributed by atoms with Gasteiger partial charge in [-0.3, -0.25) is 0 Å². The van der Waals surface area contributed by atoms with Gasteiger partial charge in [-0.1, -0.05) is 18.2 Å². The number of benzene rings is 1. The molecule has 1 heterocycles. The maximum Gasteiger partial charge on any atom is 0.410 e. The number of likely N-dealkylation sites (tertiary alicyclic amines) is 1. The fraction of sp³-hybridized carbons (Fsp3) is 0.611. The van der Waals surface area contributed by atoms with E-state index in [2.05, 4.69) is 4.72 Å². The van der Waals surface area contributed by atoms with Crippen LogP contribution in [0.2, 0.25) is 0 Å². The van der Waals surface area contributed by atoms with Gasteiger partial charge in [-0.15, -0.1) is 0 Å². The van der Waals surface area contributed by atoms with Gasteiger partial charge in [-0.25, -0.2) is 22.3 Å². The van der Waals surface area contributed by atoms with Crippen LogP contribution in [0.3, 0.4) is 0 Å². The zero-order valence-electron chi connectivity index (χ0n) is 15.5. The van der Waals surface area contributed by atoms with E-state index < -0.39 is 33.3 Å². The van der Waals surface area contributed by atoms with Crippen molar-refractivity contribution < 1.29 is 22.3 Å². The Morgan fingerprint density at radius 2 is 2.00 bits per heavy atom. The van der Waals surface area contributed by atoms with Gasteiger partial charge >= 0.3 is 6.09 Å². The zero-order valence-corrected chi connectivity index (χ0v) is 16.3. The van der Waals surface area contributed by atoms with Crippen LogP contribution in [0.4, 0.5) is 9.18 Å². The molecule has 6 nitrogen and oxygen atoms in total. The Hall–Kier alpha value is -1.67. The first-order valence-corrected chi connectivity index (χ1v) is 10.4. The molecule has 8 heteroatoms. The third kappa shape index (κ3) is 6.25. The first-order valence-electron chi connectivity index (χ1n) is 8.78. The Kier molecular flexibility index (Phi) is 6.63. The predicted molar refractivity (Wildman–Crippen MR) is 97.6 cm³/mol. The van der Waals surface area contributed by atoms with E-state index in [4.69, 9.17) is 4.74 Å². The minimum atomic E-state index is -3.71. The number of amides is 1. The van der Waals surface area contributed by atoms with Crippen LogP contribution < -0.4 is 4.72 Å². The summed E-state index contributed by atoms with van der Waals surface area (Å²) >= 11 is 0. The Balaban J connectivity index is 1.99. The number of ether oxygens (including phenoxy) is 1. The van der Waals surface area contributed by atoms with Crippen LogP contribution in [0, 0.1) is 5.82 Å². The third-order valence-corrected chi connectivity index (χ3v) is 5.39. The molecule has 0 spiro atoms. The fourth-order valence-corrected chi connectivity index (χ4v) is 4.06. The van der Waals surface area contributed by atoms with E-state index in [0.29, 0.717) is 13.0 Å². The lowest BCUT2D eigenvalue weighted by atomic mass is 10.0. The van der Waals surface area contributed by atoms with Crippen molar-refractivity contribution in [2.45, 2.75) is 57.4 Å². The monoisotopic (exact) mass is 386 g/mol. The van der Waals surface area contributed by atoms with Crippen molar-refractivity contribution in [1.82, 2.24) is 9.62 Å². The van der Waals surface area contributed by atoms with Crippen LogP contribution in [-0.2, 0) is 20.5 Å². The van der Waals surface area contributed by atoms with E-state index in [1.165, 1.54) is 18.2 Å². The number of piperidine rings is 1. The first-order chi connectivity index (χ1) is 12.1. The van der Waals surface area contributed by atoms with Crippen LogP contribution in [0.15, 0.2) is 24.3 Å². The topological polar surface area (TPSA) is 75.7 Å².